The number of hydrogen-bond donors (Lipinski definition) is 2. The Labute approximate surface area is 134 Å². The zero-order valence-electron chi connectivity index (χ0n) is 11.9. The van der Waals surface area contributed by atoms with Crippen LogP contribution in [0.25, 0.3) is 0 Å². The van der Waals surface area contributed by atoms with Gasteiger partial charge in [0, 0.05) is 5.02 Å². The van der Waals surface area contributed by atoms with Crippen LogP contribution in [0.4, 0.5) is 17.2 Å². The summed E-state index contributed by atoms with van der Waals surface area (Å²) in [6, 6.07) is 8.72. The van der Waals surface area contributed by atoms with Crippen LogP contribution in [0.15, 0.2) is 30.3 Å². The van der Waals surface area contributed by atoms with E-state index >= 15 is 0 Å². The average molecular weight is 326 g/mol. The predicted molar refractivity (Wildman–Crippen MR) is 88.7 cm³/mol. The maximum absolute atomic E-state index is 6.12. The van der Waals surface area contributed by atoms with Gasteiger partial charge in [-0.25, -0.2) is 0 Å². The van der Waals surface area contributed by atoms with E-state index in [-0.39, 0.29) is 0 Å². The van der Waals surface area contributed by atoms with Gasteiger partial charge in [0.15, 0.2) is 0 Å². The number of aromatic nitrogens is 1. The van der Waals surface area contributed by atoms with Crippen molar-refractivity contribution in [2.75, 3.05) is 17.7 Å². The Morgan fingerprint density at radius 2 is 2.00 bits per heavy atom. The second-order valence-corrected chi connectivity index (χ2v) is 5.89. The van der Waals surface area contributed by atoms with E-state index < -0.39 is 0 Å². The highest BCUT2D eigenvalue weighted by atomic mass is 35.5. The fourth-order valence-corrected chi connectivity index (χ4v) is 2.07. The molecule has 1 aromatic heterocycles. The summed E-state index contributed by atoms with van der Waals surface area (Å²) in [5.41, 5.74) is 7.08. The molecule has 1 heterocycles. The van der Waals surface area contributed by atoms with Crippen molar-refractivity contribution in [3.8, 4) is 5.88 Å². The van der Waals surface area contributed by atoms with Crippen LogP contribution in [0.2, 0.25) is 10.0 Å². The first-order chi connectivity index (χ1) is 9.95. The number of nitrogen functional groups attached to an aromatic ring is 1. The van der Waals surface area contributed by atoms with E-state index in [4.69, 9.17) is 33.7 Å². The largest absolute Gasteiger partial charge is 0.476 e. The summed E-state index contributed by atoms with van der Waals surface area (Å²) in [6.07, 6.45) is 0. The maximum atomic E-state index is 6.12. The molecule has 6 heteroatoms. The fourth-order valence-electron chi connectivity index (χ4n) is 1.61. The predicted octanol–water partition coefficient (Wildman–Crippen LogP) is 4.75. The smallest absolute Gasteiger partial charge is 0.239 e. The van der Waals surface area contributed by atoms with Gasteiger partial charge in [0.25, 0.3) is 0 Å². The van der Waals surface area contributed by atoms with E-state index in [2.05, 4.69) is 24.1 Å². The van der Waals surface area contributed by atoms with E-state index in [0.29, 0.717) is 45.6 Å². The van der Waals surface area contributed by atoms with Crippen LogP contribution in [0.5, 0.6) is 5.88 Å². The van der Waals surface area contributed by atoms with Crippen LogP contribution in [0.1, 0.15) is 13.8 Å². The van der Waals surface area contributed by atoms with Crippen molar-refractivity contribution >= 4 is 40.4 Å². The standard InChI is InChI=1S/C15H17Cl2N3O/c1-9(2)8-21-15-12(18)4-6-14(20-15)19-13-5-3-10(16)7-11(13)17/h3-7,9H,8,18H2,1-2H3,(H,19,20). The van der Waals surface area contributed by atoms with Crippen molar-refractivity contribution in [3.63, 3.8) is 0 Å². The van der Waals surface area contributed by atoms with E-state index in [9.17, 15) is 0 Å². The van der Waals surface area contributed by atoms with Crippen molar-refractivity contribution in [1.82, 2.24) is 4.98 Å². The lowest BCUT2D eigenvalue weighted by atomic mass is 10.2. The van der Waals surface area contributed by atoms with E-state index in [1.165, 1.54) is 0 Å². The molecule has 0 bridgehead atoms. The van der Waals surface area contributed by atoms with Gasteiger partial charge in [-0.05, 0) is 36.2 Å². The number of benzene rings is 1. The first kappa shape index (κ1) is 15.7. The molecule has 0 atom stereocenters. The molecule has 0 unspecified atom stereocenters. The molecular weight excluding hydrogens is 309 g/mol. The molecule has 0 radical (unpaired) electrons. The Hall–Kier alpha value is -1.65. The second kappa shape index (κ2) is 6.87. The topological polar surface area (TPSA) is 60.2 Å². The number of hydrogen-bond acceptors (Lipinski definition) is 4. The highest BCUT2D eigenvalue weighted by Gasteiger charge is 2.08. The van der Waals surface area contributed by atoms with Crippen LogP contribution >= 0.6 is 23.2 Å². The molecule has 21 heavy (non-hydrogen) atoms. The summed E-state index contributed by atoms with van der Waals surface area (Å²) in [5.74, 6) is 1.42. The number of anilines is 3. The summed E-state index contributed by atoms with van der Waals surface area (Å²) in [7, 11) is 0. The molecule has 4 nitrogen and oxygen atoms in total. The lowest BCUT2D eigenvalue weighted by Crippen LogP contribution is -2.08. The third-order valence-electron chi connectivity index (χ3n) is 2.64. The molecule has 2 aromatic rings. The summed E-state index contributed by atoms with van der Waals surface area (Å²) in [4.78, 5) is 4.35. The molecule has 1 aromatic carbocycles. The highest BCUT2D eigenvalue weighted by Crippen LogP contribution is 2.29. The molecule has 0 saturated carbocycles. The molecule has 0 aliphatic rings. The van der Waals surface area contributed by atoms with Gasteiger partial charge in [0.1, 0.15) is 5.82 Å². The third-order valence-corrected chi connectivity index (χ3v) is 3.18. The summed E-state index contributed by atoms with van der Waals surface area (Å²) in [6.45, 7) is 4.68. The minimum absolute atomic E-state index is 0.397. The van der Waals surface area contributed by atoms with Crippen LogP contribution in [-0.2, 0) is 0 Å². The van der Waals surface area contributed by atoms with Crippen molar-refractivity contribution in [3.05, 3.63) is 40.4 Å². The highest BCUT2D eigenvalue weighted by molar-refractivity contribution is 6.36. The lowest BCUT2D eigenvalue weighted by Gasteiger charge is -2.13. The van der Waals surface area contributed by atoms with Crippen molar-refractivity contribution < 1.29 is 4.74 Å². The first-order valence-electron chi connectivity index (χ1n) is 6.57. The Morgan fingerprint density at radius 3 is 2.67 bits per heavy atom. The van der Waals surface area contributed by atoms with Gasteiger partial charge in [0.05, 0.1) is 23.0 Å². The number of ether oxygens (including phenoxy) is 1. The number of pyridine rings is 1. The van der Waals surface area contributed by atoms with E-state index in [1.807, 2.05) is 0 Å². The Bertz CT molecular complexity index is 632. The number of nitrogens with one attached hydrogen (secondary N) is 1. The summed E-state index contributed by atoms with van der Waals surface area (Å²) >= 11 is 12.0. The van der Waals surface area contributed by atoms with Gasteiger partial charge >= 0.3 is 0 Å². The van der Waals surface area contributed by atoms with Crippen LogP contribution < -0.4 is 15.8 Å². The lowest BCUT2D eigenvalue weighted by molar-refractivity contribution is 0.263. The molecular formula is C15H17Cl2N3O. The fraction of sp³-hybridized carbons (Fsp3) is 0.267. The Morgan fingerprint density at radius 1 is 1.24 bits per heavy atom. The molecule has 0 saturated heterocycles. The van der Waals surface area contributed by atoms with Gasteiger partial charge in [0.2, 0.25) is 5.88 Å². The number of halogens is 2. The van der Waals surface area contributed by atoms with Gasteiger partial charge in [-0.2, -0.15) is 4.98 Å². The average Bonchev–Trinajstić information content (AvgIpc) is 2.42. The first-order valence-corrected chi connectivity index (χ1v) is 7.32. The Kier molecular flexibility index (Phi) is 5.15. The Balaban J connectivity index is 2.18. The molecule has 0 aliphatic heterocycles. The number of nitrogens with two attached hydrogens (primary N) is 1. The van der Waals surface area contributed by atoms with Crippen LogP contribution in [0, 0.1) is 5.92 Å². The van der Waals surface area contributed by atoms with Gasteiger partial charge in [-0.15, -0.1) is 0 Å². The number of nitrogens with zero attached hydrogens (tertiary/aromatic N) is 1. The number of rotatable bonds is 5. The second-order valence-electron chi connectivity index (χ2n) is 5.04. The van der Waals surface area contributed by atoms with Crippen molar-refractivity contribution in [2.45, 2.75) is 13.8 Å². The zero-order chi connectivity index (χ0) is 15.4. The molecule has 112 valence electrons. The third kappa shape index (κ3) is 4.41. The maximum Gasteiger partial charge on any atom is 0.239 e. The molecule has 0 spiro atoms. The summed E-state index contributed by atoms with van der Waals surface area (Å²) in [5, 5.41) is 4.22. The van der Waals surface area contributed by atoms with Crippen LogP contribution in [-0.4, -0.2) is 11.6 Å². The normalized spacial score (nSPS) is 10.7. The molecule has 0 aliphatic carbocycles. The summed E-state index contributed by atoms with van der Waals surface area (Å²) < 4.78 is 5.60. The monoisotopic (exact) mass is 325 g/mol. The SMILES string of the molecule is CC(C)COc1nc(Nc2ccc(Cl)cc2Cl)ccc1N. The molecule has 0 amide bonds. The molecule has 3 N–H and O–H groups in total. The van der Waals surface area contributed by atoms with Gasteiger partial charge in [-0.3, -0.25) is 0 Å². The van der Waals surface area contributed by atoms with Gasteiger partial charge < -0.3 is 15.8 Å². The molecule has 0 fully saturated rings. The van der Waals surface area contributed by atoms with Gasteiger partial charge in [-0.1, -0.05) is 37.0 Å². The minimum atomic E-state index is 0.397. The quantitative estimate of drug-likeness (QED) is 0.832. The van der Waals surface area contributed by atoms with Crippen molar-refractivity contribution in [2.24, 2.45) is 5.92 Å². The molecule has 2 rings (SSSR count). The van der Waals surface area contributed by atoms with E-state index in [1.54, 1.807) is 30.3 Å². The van der Waals surface area contributed by atoms with E-state index in [0.717, 1.165) is 0 Å². The van der Waals surface area contributed by atoms with Crippen molar-refractivity contribution in [1.29, 1.82) is 0 Å². The minimum Gasteiger partial charge on any atom is -0.476 e. The zero-order valence-corrected chi connectivity index (χ0v) is 13.4. The van der Waals surface area contributed by atoms with Crippen LogP contribution in [0.3, 0.4) is 0 Å².